The molecule has 0 saturated heterocycles. The van der Waals surface area contributed by atoms with E-state index in [0.29, 0.717) is 6.10 Å². The molecular weight excluding hydrogens is 232 g/mol. The van der Waals surface area contributed by atoms with Crippen molar-refractivity contribution in [3.05, 3.63) is 0 Å². The highest BCUT2D eigenvalue weighted by Crippen LogP contribution is 2.40. The Labute approximate surface area is 107 Å². The van der Waals surface area contributed by atoms with Crippen LogP contribution in [0.5, 0.6) is 0 Å². The zero-order chi connectivity index (χ0) is 13.1. The van der Waals surface area contributed by atoms with Crippen LogP contribution in [0.15, 0.2) is 0 Å². The summed E-state index contributed by atoms with van der Waals surface area (Å²) >= 11 is 0. The van der Waals surface area contributed by atoms with Crippen LogP contribution in [-0.4, -0.2) is 29.1 Å². The van der Waals surface area contributed by atoms with Gasteiger partial charge >= 0.3 is 8.80 Å². The minimum absolute atomic E-state index is 0.0699. The third kappa shape index (κ3) is 3.53. The Morgan fingerprint density at radius 2 is 1.41 bits per heavy atom. The second kappa shape index (κ2) is 5.82. The van der Waals surface area contributed by atoms with E-state index >= 15 is 0 Å². The van der Waals surface area contributed by atoms with E-state index in [2.05, 4.69) is 27.7 Å². The average molecular weight is 260 g/mol. The molecule has 0 spiro atoms. The Morgan fingerprint density at radius 1 is 0.941 bits per heavy atom. The first-order valence-electron chi connectivity index (χ1n) is 6.62. The summed E-state index contributed by atoms with van der Waals surface area (Å²) in [6.07, 6.45) is 5.11. The van der Waals surface area contributed by atoms with E-state index in [9.17, 15) is 0 Å². The van der Waals surface area contributed by atoms with Gasteiger partial charge in [0, 0.05) is 25.4 Å². The van der Waals surface area contributed by atoms with Crippen LogP contribution in [0, 0.1) is 5.92 Å². The molecule has 0 aromatic rings. The molecular formula is C13H28O3Si. The monoisotopic (exact) mass is 260 g/mol. The largest absolute Gasteiger partial charge is 0.506 e. The molecule has 3 nitrogen and oxygen atoms in total. The van der Waals surface area contributed by atoms with Crippen LogP contribution < -0.4 is 0 Å². The molecule has 0 aromatic carbocycles. The molecule has 0 amide bonds. The Bertz CT molecular complexity index is 225. The fourth-order valence-corrected chi connectivity index (χ4v) is 5.15. The number of rotatable bonds is 4. The zero-order valence-corrected chi connectivity index (χ0v) is 13.2. The highest BCUT2D eigenvalue weighted by atomic mass is 28.4. The lowest BCUT2D eigenvalue weighted by atomic mass is 9.89. The van der Waals surface area contributed by atoms with Crippen molar-refractivity contribution in [2.24, 2.45) is 5.92 Å². The lowest BCUT2D eigenvalue weighted by Gasteiger charge is -2.41. The fraction of sp³-hybridized carbons (Fsp3) is 1.00. The first-order valence-corrected chi connectivity index (χ1v) is 8.35. The van der Waals surface area contributed by atoms with Crippen LogP contribution >= 0.6 is 0 Å². The smallest absolute Gasteiger partial charge is 0.377 e. The van der Waals surface area contributed by atoms with Gasteiger partial charge in [0.05, 0.1) is 0 Å². The molecule has 1 rings (SSSR count). The van der Waals surface area contributed by atoms with Gasteiger partial charge < -0.3 is 13.3 Å². The van der Waals surface area contributed by atoms with Crippen LogP contribution in [0.4, 0.5) is 0 Å². The fourth-order valence-electron chi connectivity index (χ4n) is 2.54. The molecule has 0 unspecified atom stereocenters. The zero-order valence-electron chi connectivity index (χ0n) is 12.2. The van der Waals surface area contributed by atoms with E-state index in [1.54, 1.807) is 14.2 Å². The summed E-state index contributed by atoms with van der Waals surface area (Å²) in [6, 6.07) is 0. The number of hydrogen-bond donors (Lipinski definition) is 0. The van der Waals surface area contributed by atoms with E-state index in [-0.39, 0.29) is 5.04 Å². The van der Waals surface area contributed by atoms with E-state index in [0.717, 1.165) is 18.8 Å². The van der Waals surface area contributed by atoms with Gasteiger partial charge in [0.15, 0.2) is 0 Å². The molecule has 1 aliphatic carbocycles. The van der Waals surface area contributed by atoms with E-state index in [1.165, 1.54) is 12.8 Å². The van der Waals surface area contributed by atoms with Crippen molar-refractivity contribution in [1.82, 2.24) is 0 Å². The molecule has 0 N–H and O–H groups in total. The van der Waals surface area contributed by atoms with E-state index < -0.39 is 8.80 Å². The first-order chi connectivity index (χ1) is 7.84. The summed E-state index contributed by atoms with van der Waals surface area (Å²) in [7, 11) is 0.875. The van der Waals surface area contributed by atoms with E-state index in [4.69, 9.17) is 13.3 Å². The lowest BCUT2D eigenvalue weighted by Crippen LogP contribution is -2.54. The quantitative estimate of drug-likeness (QED) is 0.723. The Morgan fingerprint density at radius 3 is 1.76 bits per heavy atom. The third-order valence-corrected chi connectivity index (χ3v) is 7.30. The van der Waals surface area contributed by atoms with Crippen molar-refractivity contribution in [3.63, 3.8) is 0 Å². The first kappa shape index (κ1) is 15.2. The normalized spacial score (nSPS) is 27.2. The van der Waals surface area contributed by atoms with E-state index in [1.807, 2.05) is 0 Å². The summed E-state index contributed by atoms with van der Waals surface area (Å²) in [5.41, 5.74) is 0. The van der Waals surface area contributed by atoms with Gasteiger partial charge in [-0.25, -0.2) is 0 Å². The molecule has 0 aromatic heterocycles. The summed E-state index contributed by atoms with van der Waals surface area (Å²) in [5.74, 6) is 0.839. The van der Waals surface area contributed by atoms with Crippen molar-refractivity contribution in [3.8, 4) is 0 Å². The molecule has 0 bridgehead atoms. The molecule has 0 aliphatic heterocycles. The molecule has 102 valence electrons. The molecule has 0 heterocycles. The van der Waals surface area contributed by atoms with Crippen LogP contribution in [0.2, 0.25) is 5.04 Å². The summed E-state index contributed by atoms with van der Waals surface area (Å²) < 4.78 is 17.6. The molecule has 1 fully saturated rings. The highest BCUT2D eigenvalue weighted by molar-refractivity contribution is 6.64. The molecule has 0 radical (unpaired) electrons. The van der Waals surface area contributed by atoms with Crippen LogP contribution in [-0.2, 0) is 13.3 Å². The predicted octanol–water partition coefficient (Wildman–Crippen LogP) is 3.61. The van der Waals surface area contributed by atoms with Crippen LogP contribution in [0.3, 0.4) is 0 Å². The number of hydrogen-bond acceptors (Lipinski definition) is 3. The minimum atomic E-state index is -2.55. The van der Waals surface area contributed by atoms with Gasteiger partial charge in [-0.2, -0.15) is 0 Å². The van der Waals surface area contributed by atoms with Gasteiger partial charge in [0.1, 0.15) is 0 Å². The van der Waals surface area contributed by atoms with Gasteiger partial charge in [-0.15, -0.1) is 0 Å². The predicted molar refractivity (Wildman–Crippen MR) is 72.0 cm³/mol. The molecule has 0 atom stereocenters. The second-order valence-corrected chi connectivity index (χ2v) is 9.88. The van der Waals surface area contributed by atoms with Gasteiger partial charge in [-0.05, 0) is 31.6 Å². The second-order valence-electron chi connectivity index (χ2n) is 6.21. The summed E-state index contributed by atoms with van der Waals surface area (Å²) in [6.45, 7) is 8.73. The SMILES string of the molecule is CO[Si](OC)(OC1CCC(C)CC1)C(C)(C)C. The Balaban J connectivity index is 2.67. The van der Waals surface area contributed by atoms with Crippen molar-refractivity contribution < 1.29 is 13.3 Å². The Kier molecular flexibility index (Phi) is 5.19. The van der Waals surface area contributed by atoms with Gasteiger partial charge in [0.2, 0.25) is 0 Å². The van der Waals surface area contributed by atoms with Crippen molar-refractivity contribution >= 4 is 8.80 Å². The van der Waals surface area contributed by atoms with Gasteiger partial charge in [-0.3, -0.25) is 0 Å². The molecule has 17 heavy (non-hydrogen) atoms. The van der Waals surface area contributed by atoms with Gasteiger partial charge in [-0.1, -0.05) is 27.7 Å². The third-order valence-electron chi connectivity index (χ3n) is 3.74. The average Bonchev–Trinajstić information content (AvgIpc) is 2.27. The Hall–Kier alpha value is 0.0969. The maximum Gasteiger partial charge on any atom is 0.506 e. The summed E-state index contributed by atoms with van der Waals surface area (Å²) in [4.78, 5) is 0. The molecule has 1 saturated carbocycles. The van der Waals surface area contributed by atoms with Gasteiger partial charge in [0.25, 0.3) is 0 Å². The summed E-state index contributed by atoms with van der Waals surface area (Å²) in [5, 5.41) is -0.0699. The lowest BCUT2D eigenvalue weighted by molar-refractivity contribution is 0.0167. The molecule has 1 aliphatic rings. The minimum Gasteiger partial charge on any atom is -0.377 e. The van der Waals surface area contributed by atoms with Crippen molar-refractivity contribution in [2.75, 3.05) is 14.2 Å². The standard InChI is InChI=1S/C13H28O3Si/c1-11-7-9-12(10-8-11)16-17(14-5,15-6)13(2,3)4/h11-12H,7-10H2,1-6H3. The van der Waals surface area contributed by atoms with Crippen molar-refractivity contribution in [2.45, 2.75) is 64.5 Å². The molecule has 4 heteroatoms. The topological polar surface area (TPSA) is 27.7 Å². The van der Waals surface area contributed by atoms with Crippen molar-refractivity contribution in [1.29, 1.82) is 0 Å². The maximum atomic E-state index is 6.28. The van der Waals surface area contributed by atoms with Crippen LogP contribution in [0.1, 0.15) is 53.4 Å². The highest BCUT2D eigenvalue weighted by Gasteiger charge is 2.53. The van der Waals surface area contributed by atoms with Crippen LogP contribution in [0.25, 0.3) is 0 Å². The maximum absolute atomic E-state index is 6.28.